The monoisotopic (exact) mass is 338 g/mol. The minimum absolute atomic E-state index is 0.129. The summed E-state index contributed by atoms with van der Waals surface area (Å²) in [4.78, 5) is 23.8. The first-order valence-corrected chi connectivity index (χ1v) is 10.4. The van der Waals surface area contributed by atoms with Crippen LogP contribution in [0, 0.1) is 11.8 Å². The summed E-state index contributed by atoms with van der Waals surface area (Å²) in [7, 11) is 0. The number of hydrogen-bond acceptors (Lipinski definition) is 3. The summed E-state index contributed by atoms with van der Waals surface area (Å²) in [6.07, 6.45) is 4.23. The molecule has 5 heteroatoms. The average molecular weight is 337 g/mol. The van der Waals surface area contributed by atoms with Crippen LogP contribution < -0.4 is 5.30 Å². The van der Waals surface area contributed by atoms with Gasteiger partial charge in [-0.2, -0.15) is 0 Å². The number of esters is 2. The molecule has 1 aromatic rings. The number of rotatable bonds is 1. The standard InChI is InChI=1S/C14H11O3PSe/c15-13-11-9-6-7-10(12(11)14(16)17-13)18(9,19)8-4-2-1-3-5-8/h1-7,9-12H/t9-,10+,11+,12-,18?. The second-order valence-electron chi connectivity index (χ2n) is 5.20. The molecular formula is C14H11O3PSe. The van der Waals surface area contributed by atoms with Gasteiger partial charge in [0, 0.05) is 0 Å². The first-order valence-electron chi connectivity index (χ1n) is 6.23. The Kier molecular flexibility index (Phi) is 2.36. The van der Waals surface area contributed by atoms with Crippen LogP contribution in [0.25, 0.3) is 0 Å². The number of fused-ring (bicyclic) bond motifs is 5. The molecule has 3 aliphatic rings. The first kappa shape index (κ1) is 11.8. The number of allylic oxidation sites excluding steroid dienone is 2. The van der Waals surface area contributed by atoms with Gasteiger partial charge < -0.3 is 0 Å². The van der Waals surface area contributed by atoms with Crippen molar-refractivity contribution in [3.8, 4) is 0 Å². The summed E-state index contributed by atoms with van der Waals surface area (Å²) in [5.41, 5.74) is -1.40. The molecule has 0 aliphatic carbocycles. The summed E-state index contributed by atoms with van der Waals surface area (Å²) in [5.74, 6) is -1.20. The van der Waals surface area contributed by atoms with E-state index >= 15 is 0 Å². The van der Waals surface area contributed by atoms with E-state index in [4.69, 9.17) is 4.74 Å². The van der Waals surface area contributed by atoms with E-state index in [2.05, 4.69) is 39.4 Å². The molecule has 1 aromatic carbocycles. The van der Waals surface area contributed by atoms with Gasteiger partial charge in [0.2, 0.25) is 0 Å². The van der Waals surface area contributed by atoms with Gasteiger partial charge in [-0.3, -0.25) is 0 Å². The predicted molar refractivity (Wildman–Crippen MR) is 73.5 cm³/mol. The molecule has 0 amide bonds. The van der Waals surface area contributed by atoms with Gasteiger partial charge in [-0.25, -0.2) is 0 Å². The van der Waals surface area contributed by atoms with E-state index in [9.17, 15) is 9.59 Å². The Morgan fingerprint density at radius 2 is 1.47 bits per heavy atom. The van der Waals surface area contributed by atoms with Crippen molar-refractivity contribution >= 4 is 37.8 Å². The number of carbonyl (C=O) groups is 2. The molecule has 3 aliphatic heterocycles. The summed E-state index contributed by atoms with van der Waals surface area (Å²) in [5, 5.41) is 1.25. The zero-order chi connectivity index (χ0) is 13.2. The van der Waals surface area contributed by atoms with Crippen molar-refractivity contribution in [2.45, 2.75) is 11.3 Å². The van der Waals surface area contributed by atoms with Crippen molar-refractivity contribution < 1.29 is 14.3 Å². The average Bonchev–Trinajstić information content (AvgIpc) is 3.00. The molecule has 2 bridgehead atoms. The third-order valence-corrected chi connectivity index (χ3v) is 12.7. The minimum atomic E-state index is -1.65. The Hall–Kier alpha value is -0.951. The summed E-state index contributed by atoms with van der Waals surface area (Å²) in [6.45, 7) is 0. The zero-order valence-electron chi connectivity index (χ0n) is 9.93. The maximum absolute atomic E-state index is 11.9. The third kappa shape index (κ3) is 1.32. The fourth-order valence-corrected chi connectivity index (χ4v) is 10.9. The van der Waals surface area contributed by atoms with Crippen molar-refractivity contribution in [1.29, 1.82) is 0 Å². The van der Waals surface area contributed by atoms with Crippen molar-refractivity contribution in [2.24, 2.45) is 11.8 Å². The Morgan fingerprint density at radius 3 is 2.00 bits per heavy atom. The molecule has 96 valence electrons. The SMILES string of the molecule is O=C1OC(=O)[C@H]2[C@@H]1[C@H]1C=C[C@@H]2P1(=[Se])c1ccccc1. The molecule has 0 aromatic heterocycles. The number of benzene rings is 1. The second-order valence-corrected chi connectivity index (χ2v) is 12.1. The molecule has 4 rings (SSSR count). The number of cyclic esters (lactones) is 2. The molecule has 5 atom stereocenters. The van der Waals surface area contributed by atoms with Gasteiger partial charge in [-0.05, 0) is 0 Å². The van der Waals surface area contributed by atoms with Gasteiger partial charge in [-0.15, -0.1) is 0 Å². The number of hydrogen-bond donors (Lipinski definition) is 0. The van der Waals surface area contributed by atoms with E-state index in [1.165, 1.54) is 5.30 Å². The molecule has 3 nitrogen and oxygen atoms in total. The van der Waals surface area contributed by atoms with Gasteiger partial charge in [-0.1, -0.05) is 0 Å². The molecule has 19 heavy (non-hydrogen) atoms. The third-order valence-electron chi connectivity index (χ3n) is 4.42. The topological polar surface area (TPSA) is 43.4 Å². The van der Waals surface area contributed by atoms with Gasteiger partial charge in [0.1, 0.15) is 0 Å². The van der Waals surface area contributed by atoms with Crippen LogP contribution in [-0.2, 0) is 14.3 Å². The van der Waals surface area contributed by atoms with Crippen LogP contribution >= 0.6 is 5.51 Å². The fraction of sp³-hybridized carbons (Fsp3) is 0.286. The molecule has 2 saturated heterocycles. The molecule has 2 fully saturated rings. The molecule has 0 saturated carbocycles. The predicted octanol–water partition coefficient (Wildman–Crippen LogP) is 1.05. The van der Waals surface area contributed by atoms with Crippen LogP contribution in [0.4, 0.5) is 0 Å². The summed E-state index contributed by atoms with van der Waals surface area (Å²) >= 11 is 3.39. The summed E-state index contributed by atoms with van der Waals surface area (Å²) in [6, 6.07) is 10.2. The van der Waals surface area contributed by atoms with E-state index < -0.39 is 5.51 Å². The normalized spacial score (nSPS) is 42.5. The van der Waals surface area contributed by atoms with Crippen LogP contribution in [0.5, 0.6) is 0 Å². The van der Waals surface area contributed by atoms with E-state index in [1.807, 2.05) is 18.2 Å². The quantitative estimate of drug-likeness (QED) is 0.253. The number of ether oxygens (including phenoxy) is 1. The van der Waals surface area contributed by atoms with Crippen LogP contribution in [0.3, 0.4) is 0 Å². The van der Waals surface area contributed by atoms with E-state index in [0.29, 0.717) is 0 Å². The second kappa shape index (κ2) is 3.79. The van der Waals surface area contributed by atoms with Crippen molar-refractivity contribution in [3.63, 3.8) is 0 Å². The Balaban J connectivity index is 1.89. The van der Waals surface area contributed by atoms with Gasteiger partial charge >= 0.3 is 118 Å². The maximum atomic E-state index is 11.9. The molecule has 0 radical (unpaired) electrons. The fourth-order valence-electron chi connectivity index (χ4n) is 3.64. The Bertz CT molecular complexity index is 633. The first-order chi connectivity index (χ1) is 9.14. The van der Waals surface area contributed by atoms with Gasteiger partial charge in [0.15, 0.2) is 0 Å². The van der Waals surface area contributed by atoms with Crippen molar-refractivity contribution in [1.82, 2.24) is 0 Å². The Morgan fingerprint density at radius 1 is 0.947 bits per heavy atom. The van der Waals surface area contributed by atoms with Gasteiger partial charge in [0.05, 0.1) is 0 Å². The van der Waals surface area contributed by atoms with Crippen LogP contribution in [-0.4, -0.2) is 38.4 Å². The van der Waals surface area contributed by atoms with Crippen LogP contribution in [0.15, 0.2) is 42.5 Å². The Labute approximate surface area is 118 Å². The molecular weight excluding hydrogens is 326 g/mol. The van der Waals surface area contributed by atoms with Crippen molar-refractivity contribution in [2.75, 3.05) is 0 Å². The van der Waals surface area contributed by atoms with Gasteiger partial charge in [0.25, 0.3) is 0 Å². The van der Waals surface area contributed by atoms with Crippen LogP contribution in [0.2, 0.25) is 0 Å². The molecule has 0 N–H and O–H groups in total. The summed E-state index contributed by atoms with van der Waals surface area (Å²) < 4.78 is 4.82. The van der Waals surface area contributed by atoms with E-state index in [1.54, 1.807) is 0 Å². The van der Waals surface area contributed by atoms with E-state index in [0.717, 1.165) is 0 Å². The van der Waals surface area contributed by atoms with Crippen molar-refractivity contribution in [3.05, 3.63) is 42.5 Å². The number of carbonyl (C=O) groups excluding carboxylic acids is 2. The van der Waals surface area contributed by atoms with E-state index in [-0.39, 0.29) is 35.1 Å². The zero-order valence-corrected chi connectivity index (χ0v) is 12.5. The molecule has 0 spiro atoms. The molecule has 3 heterocycles. The molecule has 1 unspecified atom stereocenters. The van der Waals surface area contributed by atoms with Crippen LogP contribution in [0.1, 0.15) is 0 Å².